The highest BCUT2D eigenvalue weighted by atomic mass is 35.5. The summed E-state index contributed by atoms with van der Waals surface area (Å²) in [4.78, 5) is 11.5. The zero-order valence-corrected chi connectivity index (χ0v) is 10.7. The van der Waals surface area contributed by atoms with Gasteiger partial charge in [-0.1, -0.05) is 48.5 Å². The molecule has 2 aromatic rings. The van der Waals surface area contributed by atoms with Crippen molar-refractivity contribution in [2.24, 2.45) is 5.73 Å². The van der Waals surface area contributed by atoms with Crippen LogP contribution in [0.15, 0.2) is 54.6 Å². The van der Waals surface area contributed by atoms with Gasteiger partial charge in [0, 0.05) is 5.56 Å². The third-order valence-electron chi connectivity index (χ3n) is 2.87. The van der Waals surface area contributed by atoms with Crippen LogP contribution in [0.2, 0.25) is 0 Å². The highest BCUT2D eigenvalue weighted by molar-refractivity contribution is 5.85. The van der Waals surface area contributed by atoms with Crippen molar-refractivity contribution < 1.29 is 14.3 Å². The summed E-state index contributed by atoms with van der Waals surface area (Å²) < 4.78 is 13.8. The first-order valence-corrected chi connectivity index (χ1v) is 5.39. The summed E-state index contributed by atoms with van der Waals surface area (Å²) in [5.41, 5.74) is 4.35. The fourth-order valence-corrected chi connectivity index (χ4v) is 1.88. The second kappa shape index (κ2) is 5.82. The molecular weight excluding hydrogens is 269 g/mol. The maximum absolute atomic E-state index is 13.8. The molecule has 2 aromatic carbocycles. The quantitative estimate of drug-likeness (QED) is 0.909. The van der Waals surface area contributed by atoms with Crippen molar-refractivity contribution in [2.75, 3.05) is 0 Å². The van der Waals surface area contributed by atoms with E-state index in [1.54, 1.807) is 36.4 Å². The molecule has 0 bridgehead atoms. The molecule has 0 fully saturated rings. The number of halogens is 2. The summed E-state index contributed by atoms with van der Waals surface area (Å²) in [6.07, 6.45) is 0. The number of aliphatic carboxylic acids is 1. The van der Waals surface area contributed by atoms with Gasteiger partial charge in [-0.05, 0) is 11.6 Å². The van der Waals surface area contributed by atoms with E-state index in [4.69, 9.17) is 5.73 Å². The lowest BCUT2D eigenvalue weighted by molar-refractivity contribution is -0.142. The second-order valence-corrected chi connectivity index (χ2v) is 3.96. The molecule has 0 saturated heterocycles. The van der Waals surface area contributed by atoms with Crippen LogP contribution < -0.4 is 5.73 Å². The molecule has 19 heavy (non-hydrogen) atoms. The number of nitrogens with two attached hydrogens (primary N) is 1. The molecule has 1 unspecified atom stereocenters. The average Bonchev–Trinajstić information content (AvgIpc) is 2.39. The average molecular weight is 282 g/mol. The monoisotopic (exact) mass is 281 g/mol. The minimum Gasteiger partial charge on any atom is -0.479 e. The van der Waals surface area contributed by atoms with Gasteiger partial charge in [0.2, 0.25) is 0 Å². The molecular formula is C14H13ClFNO2. The normalized spacial score (nSPS) is 13.2. The summed E-state index contributed by atoms with van der Waals surface area (Å²) in [6.45, 7) is 0. The fourth-order valence-electron chi connectivity index (χ4n) is 1.88. The Morgan fingerprint density at radius 3 is 2.11 bits per heavy atom. The highest BCUT2D eigenvalue weighted by Gasteiger charge is 2.40. The third-order valence-corrected chi connectivity index (χ3v) is 2.87. The number of hydrogen-bond acceptors (Lipinski definition) is 2. The molecule has 1 atom stereocenters. The van der Waals surface area contributed by atoms with Crippen LogP contribution >= 0.6 is 12.4 Å². The first kappa shape index (κ1) is 15.1. The standard InChI is InChI=1S/C14H12FNO2.ClH/c15-12-9-5-4-8-11(12)14(16,13(17)18)10-6-2-1-3-7-10;/h1-9H,16H2,(H,17,18);1H. The van der Waals surface area contributed by atoms with Gasteiger partial charge in [0.1, 0.15) is 5.82 Å². The minimum absolute atomic E-state index is 0. The Bertz CT molecular complexity index is 577. The van der Waals surface area contributed by atoms with Crippen LogP contribution in [0.1, 0.15) is 11.1 Å². The van der Waals surface area contributed by atoms with E-state index < -0.39 is 17.3 Å². The predicted molar refractivity (Wildman–Crippen MR) is 72.7 cm³/mol. The number of carboxylic acid groups (broad SMARTS) is 1. The predicted octanol–water partition coefficient (Wildman–Crippen LogP) is 2.53. The van der Waals surface area contributed by atoms with E-state index in [1.807, 2.05) is 0 Å². The highest BCUT2D eigenvalue weighted by Crippen LogP contribution is 2.29. The van der Waals surface area contributed by atoms with E-state index in [2.05, 4.69) is 0 Å². The van der Waals surface area contributed by atoms with Crippen LogP contribution in [0.25, 0.3) is 0 Å². The number of benzene rings is 2. The van der Waals surface area contributed by atoms with Crippen LogP contribution in [0.5, 0.6) is 0 Å². The summed E-state index contributed by atoms with van der Waals surface area (Å²) in [7, 11) is 0. The van der Waals surface area contributed by atoms with Crippen molar-refractivity contribution in [3.05, 3.63) is 71.5 Å². The fraction of sp³-hybridized carbons (Fsp3) is 0.0714. The van der Waals surface area contributed by atoms with Crippen molar-refractivity contribution >= 4 is 18.4 Å². The van der Waals surface area contributed by atoms with E-state index in [1.165, 1.54) is 18.2 Å². The van der Waals surface area contributed by atoms with Gasteiger partial charge in [-0.15, -0.1) is 12.4 Å². The number of carbonyl (C=O) groups is 1. The Labute approximate surface area is 116 Å². The van der Waals surface area contributed by atoms with Crippen LogP contribution in [-0.4, -0.2) is 11.1 Å². The van der Waals surface area contributed by atoms with Crippen LogP contribution in [0, 0.1) is 5.82 Å². The lowest BCUT2D eigenvalue weighted by Gasteiger charge is -2.26. The molecule has 5 heteroatoms. The van der Waals surface area contributed by atoms with Crippen LogP contribution in [-0.2, 0) is 10.3 Å². The minimum atomic E-state index is -1.88. The van der Waals surface area contributed by atoms with E-state index >= 15 is 0 Å². The second-order valence-electron chi connectivity index (χ2n) is 3.96. The Hall–Kier alpha value is -1.91. The molecule has 0 spiro atoms. The molecule has 0 radical (unpaired) electrons. The molecule has 0 aromatic heterocycles. The first-order chi connectivity index (χ1) is 8.56. The Morgan fingerprint density at radius 2 is 1.58 bits per heavy atom. The molecule has 0 aliphatic carbocycles. The van der Waals surface area contributed by atoms with Crippen molar-refractivity contribution in [2.45, 2.75) is 5.54 Å². The molecule has 0 aliphatic rings. The Morgan fingerprint density at radius 1 is 1.05 bits per heavy atom. The van der Waals surface area contributed by atoms with Gasteiger partial charge in [-0.25, -0.2) is 9.18 Å². The van der Waals surface area contributed by atoms with Crippen molar-refractivity contribution in [1.82, 2.24) is 0 Å². The molecule has 2 rings (SSSR count). The van der Waals surface area contributed by atoms with Crippen molar-refractivity contribution in [1.29, 1.82) is 0 Å². The van der Waals surface area contributed by atoms with Gasteiger partial charge < -0.3 is 10.8 Å². The lowest BCUT2D eigenvalue weighted by Crippen LogP contribution is -2.46. The first-order valence-electron chi connectivity index (χ1n) is 5.39. The van der Waals surface area contributed by atoms with Crippen molar-refractivity contribution in [3.63, 3.8) is 0 Å². The maximum Gasteiger partial charge on any atom is 0.333 e. The summed E-state index contributed by atoms with van der Waals surface area (Å²) >= 11 is 0. The summed E-state index contributed by atoms with van der Waals surface area (Å²) in [6, 6.07) is 13.9. The maximum atomic E-state index is 13.8. The van der Waals surface area contributed by atoms with Crippen LogP contribution in [0.3, 0.4) is 0 Å². The van der Waals surface area contributed by atoms with E-state index in [0.717, 1.165) is 0 Å². The smallest absolute Gasteiger partial charge is 0.333 e. The number of hydrogen-bond donors (Lipinski definition) is 2. The topological polar surface area (TPSA) is 63.3 Å². The molecule has 3 N–H and O–H groups in total. The van der Waals surface area contributed by atoms with Gasteiger partial charge >= 0.3 is 5.97 Å². The van der Waals surface area contributed by atoms with Crippen molar-refractivity contribution in [3.8, 4) is 0 Å². The number of carboxylic acids is 1. The van der Waals surface area contributed by atoms with Gasteiger partial charge in [-0.2, -0.15) is 0 Å². The SMILES string of the molecule is Cl.NC(C(=O)O)(c1ccccc1)c1ccccc1F. The summed E-state index contributed by atoms with van der Waals surface area (Å²) in [5, 5.41) is 9.37. The Balaban J connectivity index is 0.00000180. The zero-order chi connectivity index (χ0) is 13.2. The van der Waals surface area contributed by atoms with Gasteiger partial charge in [0.15, 0.2) is 5.54 Å². The third kappa shape index (κ3) is 2.59. The van der Waals surface area contributed by atoms with E-state index in [-0.39, 0.29) is 18.0 Å². The molecule has 0 heterocycles. The Kier molecular flexibility index (Phi) is 4.64. The van der Waals surface area contributed by atoms with E-state index in [0.29, 0.717) is 5.56 Å². The van der Waals surface area contributed by atoms with Gasteiger partial charge in [0.05, 0.1) is 0 Å². The number of rotatable bonds is 3. The van der Waals surface area contributed by atoms with Crippen LogP contribution in [0.4, 0.5) is 4.39 Å². The molecule has 0 saturated carbocycles. The molecule has 0 aliphatic heterocycles. The summed E-state index contributed by atoms with van der Waals surface area (Å²) in [5.74, 6) is -1.93. The molecule has 0 amide bonds. The van der Waals surface area contributed by atoms with Gasteiger partial charge in [0.25, 0.3) is 0 Å². The lowest BCUT2D eigenvalue weighted by atomic mass is 9.83. The van der Waals surface area contributed by atoms with E-state index in [9.17, 15) is 14.3 Å². The van der Waals surface area contributed by atoms with Gasteiger partial charge in [-0.3, -0.25) is 0 Å². The zero-order valence-electron chi connectivity index (χ0n) is 9.92. The molecule has 100 valence electrons. The largest absolute Gasteiger partial charge is 0.479 e. The molecule has 3 nitrogen and oxygen atoms in total.